The molecule has 3 atom stereocenters. The van der Waals surface area contributed by atoms with Crippen molar-refractivity contribution >= 4 is 0 Å². The van der Waals surface area contributed by atoms with E-state index >= 15 is 0 Å². The Balaban J connectivity index is 1.98. The number of ether oxygens (including phenoxy) is 1. The fourth-order valence-corrected chi connectivity index (χ4v) is 3.17. The highest BCUT2D eigenvalue weighted by Crippen LogP contribution is 2.23. The van der Waals surface area contributed by atoms with E-state index in [1.54, 1.807) is 7.11 Å². The summed E-state index contributed by atoms with van der Waals surface area (Å²) in [4.78, 5) is 2.55. The molecule has 2 rings (SSSR count). The summed E-state index contributed by atoms with van der Waals surface area (Å²) in [6, 6.07) is 10.2. The summed E-state index contributed by atoms with van der Waals surface area (Å²) in [6.45, 7) is 5.74. The van der Waals surface area contributed by atoms with Crippen LogP contribution in [0.1, 0.15) is 32.3 Å². The van der Waals surface area contributed by atoms with Gasteiger partial charge in [-0.2, -0.15) is 0 Å². The van der Waals surface area contributed by atoms with Crippen LogP contribution in [0.2, 0.25) is 0 Å². The minimum atomic E-state index is 0.529. The fourth-order valence-electron chi connectivity index (χ4n) is 3.17. The number of methoxy groups -OCH3 is 1. The molecule has 0 bridgehead atoms. The highest BCUT2D eigenvalue weighted by molar-refractivity contribution is 5.33. The molecular weight excluding hydrogens is 248 g/mol. The SMILES string of the molecule is COc1ccccc1CC(C)N(C)C1CCNC(C)C1. The van der Waals surface area contributed by atoms with Crippen LogP contribution >= 0.6 is 0 Å². The van der Waals surface area contributed by atoms with Gasteiger partial charge in [0.2, 0.25) is 0 Å². The Labute approximate surface area is 123 Å². The number of benzene rings is 1. The first-order valence-corrected chi connectivity index (χ1v) is 7.69. The number of nitrogens with one attached hydrogen (secondary N) is 1. The predicted octanol–water partition coefficient (Wildman–Crippen LogP) is 2.70. The number of nitrogens with zero attached hydrogens (tertiary/aromatic N) is 1. The smallest absolute Gasteiger partial charge is 0.122 e. The first-order valence-electron chi connectivity index (χ1n) is 7.69. The van der Waals surface area contributed by atoms with Crippen molar-refractivity contribution in [3.05, 3.63) is 29.8 Å². The van der Waals surface area contributed by atoms with Gasteiger partial charge in [0.05, 0.1) is 7.11 Å². The highest BCUT2D eigenvalue weighted by Gasteiger charge is 2.25. The molecule has 20 heavy (non-hydrogen) atoms. The van der Waals surface area contributed by atoms with Gasteiger partial charge < -0.3 is 15.0 Å². The van der Waals surface area contributed by atoms with Crippen molar-refractivity contribution in [2.24, 2.45) is 0 Å². The van der Waals surface area contributed by atoms with Crippen LogP contribution in [0.5, 0.6) is 5.75 Å². The molecule has 1 aromatic carbocycles. The van der Waals surface area contributed by atoms with Gasteiger partial charge in [-0.05, 0) is 58.3 Å². The van der Waals surface area contributed by atoms with E-state index in [-0.39, 0.29) is 0 Å². The van der Waals surface area contributed by atoms with Gasteiger partial charge in [0.25, 0.3) is 0 Å². The average molecular weight is 276 g/mol. The standard InChI is InChI=1S/C17H28N2O/c1-13-11-16(9-10-18-13)19(3)14(2)12-15-7-5-6-8-17(15)20-4/h5-8,13-14,16,18H,9-12H2,1-4H3. The lowest BCUT2D eigenvalue weighted by atomic mass is 9.96. The maximum Gasteiger partial charge on any atom is 0.122 e. The molecule has 1 heterocycles. The molecular formula is C17H28N2O. The Kier molecular flexibility index (Phi) is 5.44. The number of para-hydroxylation sites is 1. The van der Waals surface area contributed by atoms with Crippen LogP contribution in [0, 0.1) is 0 Å². The monoisotopic (exact) mass is 276 g/mol. The Morgan fingerprint density at radius 1 is 1.40 bits per heavy atom. The summed E-state index contributed by atoms with van der Waals surface area (Å²) < 4.78 is 5.46. The number of hydrogen-bond acceptors (Lipinski definition) is 3. The summed E-state index contributed by atoms with van der Waals surface area (Å²) >= 11 is 0. The first-order chi connectivity index (χ1) is 9.61. The molecule has 3 heteroatoms. The molecule has 0 radical (unpaired) electrons. The van der Waals surface area contributed by atoms with E-state index in [9.17, 15) is 0 Å². The Morgan fingerprint density at radius 3 is 2.85 bits per heavy atom. The summed E-state index contributed by atoms with van der Waals surface area (Å²) in [5, 5.41) is 3.53. The van der Waals surface area contributed by atoms with Crippen molar-refractivity contribution in [1.82, 2.24) is 10.2 Å². The zero-order valence-electron chi connectivity index (χ0n) is 13.2. The Morgan fingerprint density at radius 2 is 2.15 bits per heavy atom. The lowest BCUT2D eigenvalue weighted by molar-refractivity contribution is 0.137. The van der Waals surface area contributed by atoms with Crippen molar-refractivity contribution in [3.63, 3.8) is 0 Å². The van der Waals surface area contributed by atoms with Gasteiger partial charge in [-0.3, -0.25) is 0 Å². The third-order valence-corrected chi connectivity index (χ3v) is 4.58. The van der Waals surface area contributed by atoms with Crippen LogP contribution in [0.3, 0.4) is 0 Å². The lowest BCUT2D eigenvalue weighted by Crippen LogP contribution is -2.48. The van der Waals surface area contributed by atoms with E-state index < -0.39 is 0 Å². The molecule has 0 aliphatic carbocycles. The molecule has 0 spiro atoms. The van der Waals surface area contributed by atoms with Crippen LogP contribution in [0.25, 0.3) is 0 Å². The quantitative estimate of drug-likeness (QED) is 0.895. The second-order valence-corrected chi connectivity index (χ2v) is 6.06. The van der Waals surface area contributed by atoms with E-state index in [4.69, 9.17) is 4.74 Å². The minimum absolute atomic E-state index is 0.529. The molecule has 1 aliphatic rings. The third kappa shape index (κ3) is 3.74. The van der Waals surface area contributed by atoms with E-state index in [1.807, 2.05) is 6.07 Å². The van der Waals surface area contributed by atoms with Gasteiger partial charge in [0, 0.05) is 18.1 Å². The van der Waals surface area contributed by atoms with E-state index in [0.29, 0.717) is 18.1 Å². The highest BCUT2D eigenvalue weighted by atomic mass is 16.5. The van der Waals surface area contributed by atoms with Gasteiger partial charge in [-0.25, -0.2) is 0 Å². The maximum absolute atomic E-state index is 5.46. The van der Waals surface area contributed by atoms with Crippen molar-refractivity contribution in [1.29, 1.82) is 0 Å². The van der Waals surface area contributed by atoms with Gasteiger partial charge in [0.1, 0.15) is 5.75 Å². The molecule has 0 aromatic heterocycles. The molecule has 1 saturated heterocycles. The molecule has 112 valence electrons. The number of piperidine rings is 1. The van der Waals surface area contributed by atoms with E-state index in [1.165, 1.54) is 18.4 Å². The largest absolute Gasteiger partial charge is 0.496 e. The second-order valence-electron chi connectivity index (χ2n) is 6.06. The second kappa shape index (κ2) is 7.09. The zero-order valence-corrected chi connectivity index (χ0v) is 13.2. The number of rotatable bonds is 5. The molecule has 0 amide bonds. The van der Waals surface area contributed by atoms with Gasteiger partial charge in [0.15, 0.2) is 0 Å². The summed E-state index contributed by atoms with van der Waals surface area (Å²) in [5.74, 6) is 1.01. The summed E-state index contributed by atoms with van der Waals surface area (Å²) in [5.41, 5.74) is 1.30. The third-order valence-electron chi connectivity index (χ3n) is 4.58. The Hall–Kier alpha value is -1.06. The lowest BCUT2D eigenvalue weighted by Gasteiger charge is -2.38. The average Bonchev–Trinajstić information content (AvgIpc) is 2.47. The zero-order chi connectivity index (χ0) is 14.5. The summed E-state index contributed by atoms with van der Waals surface area (Å²) in [7, 11) is 4.02. The van der Waals surface area contributed by atoms with E-state index in [2.05, 4.69) is 49.3 Å². The molecule has 1 fully saturated rings. The number of hydrogen-bond donors (Lipinski definition) is 1. The van der Waals surface area contributed by atoms with Gasteiger partial charge >= 0.3 is 0 Å². The molecule has 3 unspecified atom stereocenters. The molecule has 1 aromatic rings. The van der Waals surface area contributed by atoms with Crippen LogP contribution in [0.15, 0.2) is 24.3 Å². The van der Waals surface area contributed by atoms with Crippen molar-refractivity contribution in [2.75, 3.05) is 20.7 Å². The van der Waals surface area contributed by atoms with E-state index in [0.717, 1.165) is 18.7 Å². The topological polar surface area (TPSA) is 24.5 Å². The van der Waals surface area contributed by atoms with Gasteiger partial charge in [-0.15, -0.1) is 0 Å². The number of likely N-dealkylation sites (N-methyl/N-ethyl adjacent to an activating group) is 1. The predicted molar refractivity (Wildman–Crippen MR) is 84.4 cm³/mol. The maximum atomic E-state index is 5.46. The molecule has 1 N–H and O–H groups in total. The van der Waals surface area contributed by atoms with Crippen LogP contribution in [0.4, 0.5) is 0 Å². The molecule has 1 aliphatic heterocycles. The van der Waals surface area contributed by atoms with Gasteiger partial charge in [-0.1, -0.05) is 18.2 Å². The fraction of sp³-hybridized carbons (Fsp3) is 0.647. The van der Waals surface area contributed by atoms with Crippen molar-refractivity contribution in [2.45, 2.75) is 51.2 Å². The first kappa shape index (κ1) is 15.3. The minimum Gasteiger partial charge on any atom is -0.496 e. The Bertz CT molecular complexity index is 421. The van der Waals surface area contributed by atoms with Crippen LogP contribution < -0.4 is 10.1 Å². The molecule has 0 saturated carbocycles. The van der Waals surface area contributed by atoms with Crippen molar-refractivity contribution < 1.29 is 4.74 Å². The summed E-state index contributed by atoms with van der Waals surface area (Å²) in [6.07, 6.45) is 3.53. The van der Waals surface area contributed by atoms with Crippen LogP contribution in [-0.2, 0) is 6.42 Å². The van der Waals surface area contributed by atoms with Crippen LogP contribution in [-0.4, -0.2) is 43.7 Å². The van der Waals surface area contributed by atoms with Crippen molar-refractivity contribution in [3.8, 4) is 5.75 Å². The molecule has 3 nitrogen and oxygen atoms in total. The normalized spacial score (nSPS) is 24.6.